The molecule has 0 heterocycles. The molecule has 126 valence electrons. The van der Waals surface area contributed by atoms with Crippen molar-refractivity contribution in [3.63, 3.8) is 0 Å². The SMILES string of the molecule is COC(=O)[C@@H](NC(=O)/C=C/c1cccc(C(F)(F)F)c1)C(C)C. The Morgan fingerprint density at radius 1 is 1.26 bits per heavy atom. The van der Waals surface area contributed by atoms with Gasteiger partial charge < -0.3 is 10.1 Å². The highest BCUT2D eigenvalue weighted by molar-refractivity contribution is 5.94. The van der Waals surface area contributed by atoms with Crippen LogP contribution >= 0.6 is 0 Å². The van der Waals surface area contributed by atoms with E-state index in [0.717, 1.165) is 18.2 Å². The Hall–Kier alpha value is -2.31. The van der Waals surface area contributed by atoms with Crippen molar-refractivity contribution in [2.45, 2.75) is 26.1 Å². The second-order valence-electron chi connectivity index (χ2n) is 5.21. The van der Waals surface area contributed by atoms with E-state index in [2.05, 4.69) is 10.1 Å². The molecule has 23 heavy (non-hydrogen) atoms. The first-order valence-electron chi connectivity index (χ1n) is 6.89. The van der Waals surface area contributed by atoms with E-state index in [1.54, 1.807) is 13.8 Å². The molecule has 7 heteroatoms. The van der Waals surface area contributed by atoms with Crippen LogP contribution in [0.1, 0.15) is 25.0 Å². The zero-order chi connectivity index (χ0) is 17.6. The van der Waals surface area contributed by atoms with Gasteiger partial charge in [-0.2, -0.15) is 13.2 Å². The predicted molar refractivity (Wildman–Crippen MR) is 79.3 cm³/mol. The summed E-state index contributed by atoms with van der Waals surface area (Å²) in [4.78, 5) is 23.3. The van der Waals surface area contributed by atoms with Crippen LogP contribution in [0.15, 0.2) is 30.3 Å². The average molecular weight is 329 g/mol. The smallest absolute Gasteiger partial charge is 0.416 e. The van der Waals surface area contributed by atoms with Crippen LogP contribution in [0.4, 0.5) is 13.2 Å². The van der Waals surface area contributed by atoms with Crippen LogP contribution in [-0.2, 0) is 20.5 Å². The Morgan fingerprint density at radius 2 is 1.91 bits per heavy atom. The van der Waals surface area contributed by atoms with Crippen molar-refractivity contribution in [1.29, 1.82) is 0 Å². The molecule has 1 rings (SSSR count). The molecule has 0 radical (unpaired) electrons. The van der Waals surface area contributed by atoms with Gasteiger partial charge in [-0.05, 0) is 29.7 Å². The standard InChI is InChI=1S/C16H18F3NO3/c1-10(2)14(15(22)23-3)20-13(21)8-7-11-5-4-6-12(9-11)16(17,18)19/h4-10,14H,1-3H3,(H,20,21)/b8-7+/t14-/m0/s1. The lowest BCUT2D eigenvalue weighted by molar-refractivity contribution is -0.145. The maximum Gasteiger partial charge on any atom is 0.416 e. The number of nitrogens with one attached hydrogen (secondary N) is 1. The zero-order valence-corrected chi connectivity index (χ0v) is 13.0. The highest BCUT2D eigenvalue weighted by Gasteiger charge is 2.30. The number of esters is 1. The molecule has 0 unspecified atom stereocenters. The van der Waals surface area contributed by atoms with Crippen molar-refractivity contribution in [1.82, 2.24) is 5.32 Å². The number of carbonyl (C=O) groups is 2. The number of benzene rings is 1. The van der Waals surface area contributed by atoms with Gasteiger partial charge in [0.1, 0.15) is 6.04 Å². The van der Waals surface area contributed by atoms with Crippen LogP contribution < -0.4 is 5.32 Å². The van der Waals surface area contributed by atoms with Crippen molar-refractivity contribution >= 4 is 18.0 Å². The van der Waals surface area contributed by atoms with E-state index in [1.807, 2.05) is 0 Å². The third kappa shape index (κ3) is 5.77. The lowest BCUT2D eigenvalue weighted by atomic mass is 10.0. The number of ether oxygens (including phenoxy) is 1. The summed E-state index contributed by atoms with van der Waals surface area (Å²) in [6.45, 7) is 3.47. The van der Waals surface area contributed by atoms with Gasteiger partial charge in [0.2, 0.25) is 5.91 Å². The Labute approximate surface area is 132 Å². The summed E-state index contributed by atoms with van der Waals surface area (Å²) in [5.74, 6) is -1.36. The normalized spacial score (nSPS) is 13.2. The Kier molecular flexibility index (Phi) is 6.36. The molecular formula is C16H18F3NO3. The number of alkyl halides is 3. The predicted octanol–water partition coefficient (Wildman–Crippen LogP) is 3.03. The Morgan fingerprint density at radius 3 is 2.43 bits per heavy atom. The molecule has 1 N–H and O–H groups in total. The molecule has 4 nitrogen and oxygen atoms in total. The molecule has 1 atom stereocenters. The maximum absolute atomic E-state index is 12.6. The summed E-state index contributed by atoms with van der Waals surface area (Å²) in [7, 11) is 1.21. The molecular weight excluding hydrogens is 311 g/mol. The van der Waals surface area contributed by atoms with Crippen LogP contribution in [-0.4, -0.2) is 25.0 Å². The van der Waals surface area contributed by atoms with E-state index < -0.39 is 29.7 Å². The number of rotatable bonds is 5. The molecule has 0 saturated heterocycles. The summed E-state index contributed by atoms with van der Waals surface area (Å²) in [6.07, 6.45) is -2.12. The number of methoxy groups -OCH3 is 1. The van der Waals surface area contributed by atoms with Crippen molar-refractivity contribution in [3.8, 4) is 0 Å². The number of hydrogen-bond acceptors (Lipinski definition) is 3. The molecule has 1 amide bonds. The van der Waals surface area contributed by atoms with Crippen molar-refractivity contribution in [3.05, 3.63) is 41.5 Å². The van der Waals surface area contributed by atoms with Gasteiger partial charge in [0, 0.05) is 6.08 Å². The molecule has 1 aromatic rings. The maximum atomic E-state index is 12.6. The first kappa shape index (κ1) is 18.7. The van der Waals surface area contributed by atoms with Gasteiger partial charge >= 0.3 is 12.1 Å². The quantitative estimate of drug-likeness (QED) is 0.667. The summed E-state index contributed by atoms with van der Waals surface area (Å²) < 4.78 is 42.4. The molecule has 0 aliphatic rings. The molecule has 1 aromatic carbocycles. The summed E-state index contributed by atoms with van der Waals surface area (Å²) in [6, 6.07) is 3.76. The first-order chi connectivity index (χ1) is 10.6. The number of halogens is 3. The van der Waals surface area contributed by atoms with E-state index in [1.165, 1.54) is 25.3 Å². The molecule has 0 saturated carbocycles. The number of carbonyl (C=O) groups excluding carboxylic acids is 2. The van der Waals surface area contributed by atoms with E-state index in [4.69, 9.17) is 0 Å². The van der Waals surface area contributed by atoms with Gasteiger partial charge in [0.05, 0.1) is 12.7 Å². The van der Waals surface area contributed by atoms with Gasteiger partial charge in [0.15, 0.2) is 0 Å². The van der Waals surface area contributed by atoms with Gasteiger partial charge in [0.25, 0.3) is 0 Å². The summed E-state index contributed by atoms with van der Waals surface area (Å²) in [5.41, 5.74) is -0.566. The fourth-order valence-electron chi connectivity index (χ4n) is 1.82. The molecule has 0 fully saturated rings. The van der Waals surface area contributed by atoms with Crippen LogP contribution in [0.25, 0.3) is 6.08 Å². The van der Waals surface area contributed by atoms with E-state index in [-0.39, 0.29) is 11.5 Å². The summed E-state index contributed by atoms with van der Waals surface area (Å²) in [5, 5.41) is 2.46. The van der Waals surface area contributed by atoms with E-state index in [0.29, 0.717) is 0 Å². The van der Waals surface area contributed by atoms with Crippen LogP contribution in [0, 0.1) is 5.92 Å². The fraction of sp³-hybridized carbons (Fsp3) is 0.375. The van der Waals surface area contributed by atoms with Crippen molar-refractivity contribution in [2.24, 2.45) is 5.92 Å². The molecule has 0 aliphatic carbocycles. The van der Waals surface area contributed by atoms with Crippen molar-refractivity contribution in [2.75, 3.05) is 7.11 Å². The zero-order valence-electron chi connectivity index (χ0n) is 13.0. The summed E-state index contributed by atoms with van der Waals surface area (Å²) >= 11 is 0. The second-order valence-corrected chi connectivity index (χ2v) is 5.21. The Bertz CT molecular complexity index is 594. The average Bonchev–Trinajstić information content (AvgIpc) is 2.49. The lowest BCUT2D eigenvalue weighted by Crippen LogP contribution is -2.44. The highest BCUT2D eigenvalue weighted by atomic mass is 19.4. The topological polar surface area (TPSA) is 55.4 Å². The van der Waals surface area contributed by atoms with E-state index in [9.17, 15) is 22.8 Å². The molecule has 0 aromatic heterocycles. The van der Waals surface area contributed by atoms with Gasteiger partial charge in [-0.25, -0.2) is 4.79 Å². The van der Waals surface area contributed by atoms with Crippen LogP contribution in [0.3, 0.4) is 0 Å². The lowest BCUT2D eigenvalue weighted by Gasteiger charge is -2.18. The minimum atomic E-state index is -4.44. The molecule has 0 aliphatic heterocycles. The number of hydrogen-bond donors (Lipinski definition) is 1. The van der Waals surface area contributed by atoms with Crippen molar-refractivity contribution < 1.29 is 27.5 Å². The largest absolute Gasteiger partial charge is 0.467 e. The number of amides is 1. The van der Waals surface area contributed by atoms with Gasteiger partial charge in [-0.3, -0.25) is 4.79 Å². The van der Waals surface area contributed by atoms with Gasteiger partial charge in [-0.1, -0.05) is 26.0 Å². The second kappa shape index (κ2) is 7.80. The first-order valence-corrected chi connectivity index (χ1v) is 6.89. The monoisotopic (exact) mass is 329 g/mol. The third-order valence-corrected chi connectivity index (χ3v) is 3.06. The highest BCUT2D eigenvalue weighted by Crippen LogP contribution is 2.29. The van der Waals surface area contributed by atoms with Crippen LogP contribution in [0.2, 0.25) is 0 Å². The Balaban J connectivity index is 2.81. The molecule has 0 spiro atoms. The van der Waals surface area contributed by atoms with Crippen LogP contribution in [0.5, 0.6) is 0 Å². The third-order valence-electron chi connectivity index (χ3n) is 3.06. The molecule has 0 bridgehead atoms. The van der Waals surface area contributed by atoms with Gasteiger partial charge in [-0.15, -0.1) is 0 Å². The minimum Gasteiger partial charge on any atom is -0.467 e. The minimum absolute atomic E-state index is 0.187. The van der Waals surface area contributed by atoms with E-state index >= 15 is 0 Å². The fourth-order valence-corrected chi connectivity index (χ4v) is 1.82.